The summed E-state index contributed by atoms with van der Waals surface area (Å²) in [6.45, 7) is 3.77. The number of carbonyl (C=O) groups is 1. The molecule has 2 aromatic carbocycles. The van der Waals surface area contributed by atoms with Crippen molar-refractivity contribution in [3.8, 4) is 5.40 Å². The van der Waals surface area contributed by atoms with E-state index < -0.39 is 0 Å². The van der Waals surface area contributed by atoms with Gasteiger partial charge in [-0.05, 0) is 61.0 Å². The van der Waals surface area contributed by atoms with E-state index >= 15 is 0 Å². The number of anilines is 1. The van der Waals surface area contributed by atoms with Gasteiger partial charge in [-0.2, -0.15) is 5.26 Å². The predicted octanol–water partition coefficient (Wildman–Crippen LogP) is 4.75. The summed E-state index contributed by atoms with van der Waals surface area (Å²) in [5.41, 5.74) is 2.53. The molecule has 0 saturated heterocycles. The van der Waals surface area contributed by atoms with Crippen molar-refractivity contribution in [1.82, 2.24) is 0 Å². The van der Waals surface area contributed by atoms with Gasteiger partial charge in [-0.1, -0.05) is 12.1 Å². The number of rotatable bonds is 5. The van der Waals surface area contributed by atoms with Gasteiger partial charge in [0.1, 0.15) is 11.2 Å². The molecule has 0 bridgehead atoms. The number of hydrogen-bond acceptors (Lipinski definition) is 4. The highest BCUT2D eigenvalue weighted by atomic mass is 32.2. The Kier molecular flexibility index (Phi) is 6.08. The molecule has 0 unspecified atom stereocenters. The summed E-state index contributed by atoms with van der Waals surface area (Å²) < 4.78 is 13.5. The van der Waals surface area contributed by atoms with Gasteiger partial charge in [0.2, 0.25) is 5.91 Å². The molecule has 0 atom stereocenters. The molecule has 0 heterocycles. The predicted molar refractivity (Wildman–Crippen MR) is 93.1 cm³/mol. The third kappa shape index (κ3) is 4.75. The molecule has 3 nitrogen and oxygen atoms in total. The number of aryl methyl sites for hydroxylation is 2. The molecule has 0 fully saturated rings. The molecule has 0 aliphatic carbocycles. The van der Waals surface area contributed by atoms with E-state index in [2.05, 4.69) is 5.32 Å². The SMILES string of the molecule is Cc1cc(SC#N)cc(C)c1NC(=O)CSc1ccccc1F. The van der Waals surface area contributed by atoms with Crippen molar-refractivity contribution in [3.63, 3.8) is 0 Å². The summed E-state index contributed by atoms with van der Waals surface area (Å²) in [6.07, 6.45) is 0. The van der Waals surface area contributed by atoms with Crippen LogP contribution in [0, 0.1) is 30.3 Å². The van der Waals surface area contributed by atoms with Crippen molar-refractivity contribution in [2.45, 2.75) is 23.6 Å². The second kappa shape index (κ2) is 8.04. The van der Waals surface area contributed by atoms with E-state index in [9.17, 15) is 9.18 Å². The lowest BCUT2D eigenvalue weighted by atomic mass is 10.1. The highest BCUT2D eigenvalue weighted by Gasteiger charge is 2.11. The molecule has 0 spiro atoms. The van der Waals surface area contributed by atoms with E-state index in [1.165, 1.54) is 6.07 Å². The van der Waals surface area contributed by atoms with Crippen molar-refractivity contribution < 1.29 is 9.18 Å². The van der Waals surface area contributed by atoms with Crippen molar-refractivity contribution in [2.24, 2.45) is 0 Å². The van der Waals surface area contributed by atoms with Crippen LogP contribution in [0.25, 0.3) is 0 Å². The molecule has 1 amide bonds. The quantitative estimate of drug-likeness (QED) is 0.627. The van der Waals surface area contributed by atoms with Gasteiger partial charge in [0.25, 0.3) is 0 Å². The Morgan fingerprint density at radius 2 is 1.91 bits per heavy atom. The van der Waals surface area contributed by atoms with Gasteiger partial charge in [0, 0.05) is 15.5 Å². The first-order chi connectivity index (χ1) is 11.0. The third-order valence-corrected chi connectivity index (χ3v) is 4.74. The van der Waals surface area contributed by atoms with Crippen molar-refractivity contribution in [3.05, 3.63) is 53.3 Å². The summed E-state index contributed by atoms with van der Waals surface area (Å²) >= 11 is 2.25. The zero-order chi connectivity index (χ0) is 16.8. The molecule has 0 radical (unpaired) electrons. The van der Waals surface area contributed by atoms with Gasteiger partial charge in [-0.3, -0.25) is 4.79 Å². The Balaban J connectivity index is 2.03. The Morgan fingerprint density at radius 3 is 2.52 bits per heavy atom. The van der Waals surface area contributed by atoms with Crippen molar-refractivity contribution >= 4 is 35.1 Å². The van der Waals surface area contributed by atoms with E-state index in [0.29, 0.717) is 4.90 Å². The Bertz CT molecular complexity index is 748. The normalized spacial score (nSPS) is 10.2. The minimum Gasteiger partial charge on any atom is -0.325 e. The number of thiocyanates is 1. The molecule has 6 heteroatoms. The van der Waals surface area contributed by atoms with Crippen molar-refractivity contribution in [2.75, 3.05) is 11.1 Å². The molecule has 0 saturated carbocycles. The van der Waals surface area contributed by atoms with E-state index in [1.807, 2.05) is 31.4 Å². The minimum atomic E-state index is -0.324. The smallest absolute Gasteiger partial charge is 0.234 e. The molecular formula is C17H15FN2OS2. The molecule has 0 aliphatic heterocycles. The number of benzene rings is 2. The Morgan fingerprint density at radius 1 is 1.26 bits per heavy atom. The van der Waals surface area contributed by atoms with Gasteiger partial charge in [-0.25, -0.2) is 4.39 Å². The fraction of sp³-hybridized carbons (Fsp3) is 0.176. The van der Waals surface area contributed by atoms with E-state index in [0.717, 1.165) is 45.2 Å². The molecule has 0 aliphatic rings. The fourth-order valence-corrected chi connectivity index (χ4v) is 3.43. The van der Waals surface area contributed by atoms with Gasteiger partial charge in [-0.15, -0.1) is 11.8 Å². The number of amides is 1. The number of thioether (sulfide) groups is 2. The van der Waals surface area contributed by atoms with Crippen LogP contribution in [0.5, 0.6) is 0 Å². The molecule has 1 N–H and O–H groups in total. The van der Waals surface area contributed by atoms with Crippen LogP contribution in [0.2, 0.25) is 0 Å². The summed E-state index contributed by atoms with van der Waals surface area (Å²) in [4.78, 5) is 13.4. The first-order valence-corrected chi connectivity index (χ1v) is 8.66. The molecule has 118 valence electrons. The highest BCUT2D eigenvalue weighted by Crippen LogP contribution is 2.28. The number of nitrogens with one attached hydrogen (secondary N) is 1. The van der Waals surface area contributed by atoms with Crippen LogP contribution < -0.4 is 5.32 Å². The second-order valence-corrected chi connectivity index (χ2v) is 6.77. The number of halogens is 1. The maximum atomic E-state index is 13.5. The summed E-state index contributed by atoms with van der Waals surface area (Å²) in [5.74, 6) is -0.380. The highest BCUT2D eigenvalue weighted by molar-refractivity contribution is 8.03. The second-order valence-electron chi connectivity index (χ2n) is 4.89. The first kappa shape index (κ1) is 17.4. The maximum Gasteiger partial charge on any atom is 0.234 e. The largest absolute Gasteiger partial charge is 0.325 e. The number of nitriles is 1. The lowest BCUT2D eigenvalue weighted by molar-refractivity contribution is -0.113. The monoisotopic (exact) mass is 346 g/mol. The minimum absolute atomic E-state index is 0.133. The van der Waals surface area contributed by atoms with Crippen LogP contribution in [0.4, 0.5) is 10.1 Å². The summed E-state index contributed by atoms with van der Waals surface area (Å²) in [7, 11) is 0. The maximum absolute atomic E-state index is 13.5. The lowest BCUT2D eigenvalue weighted by Crippen LogP contribution is -2.16. The van der Waals surface area contributed by atoms with E-state index in [4.69, 9.17) is 5.26 Å². The molecule has 2 rings (SSSR count). The van der Waals surface area contributed by atoms with E-state index in [-0.39, 0.29) is 17.5 Å². The third-order valence-electron chi connectivity index (χ3n) is 3.13. The summed E-state index contributed by atoms with van der Waals surface area (Å²) in [6, 6.07) is 10.1. The van der Waals surface area contributed by atoms with Crippen LogP contribution in [-0.2, 0) is 4.79 Å². The molecule has 2 aromatic rings. The lowest BCUT2D eigenvalue weighted by Gasteiger charge is -2.13. The molecule has 0 aromatic heterocycles. The van der Waals surface area contributed by atoms with Gasteiger partial charge in [0.15, 0.2) is 0 Å². The van der Waals surface area contributed by atoms with Gasteiger partial charge >= 0.3 is 0 Å². The average molecular weight is 346 g/mol. The fourth-order valence-electron chi connectivity index (χ4n) is 2.11. The zero-order valence-electron chi connectivity index (χ0n) is 12.7. The van der Waals surface area contributed by atoms with Crippen molar-refractivity contribution in [1.29, 1.82) is 5.26 Å². The Labute approximate surface area is 143 Å². The summed E-state index contributed by atoms with van der Waals surface area (Å²) in [5, 5.41) is 13.6. The number of nitrogens with zero attached hydrogens (tertiary/aromatic N) is 1. The number of carbonyl (C=O) groups excluding carboxylic acids is 1. The molecular weight excluding hydrogens is 331 g/mol. The van der Waals surface area contributed by atoms with Crippen LogP contribution in [0.1, 0.15) is 11.1 Å². The van der Waals surface area contributed by atoms with Crippen LogP contribution in [0.15, 0.2) is 46.2 Å². The van der Waals surface area contributed by atoms with Crippen LogP contribution >= 0.6 is 23.5 Å². The van der Waals surface area contributed by atoms with Gasteiger partial charge < -0.3 is 5.32 Å². The molecule has 23 heavy (non-hydrogen) atoms. The number of hydrogen-bond donors (Lipinski definition) is 1. The van der Waals surface area contributed by atoms with Crippen LogP contribution in [0.3, 0.4) is 0 Å². The zero-order valence-corrected chi connectivity index (χ0v) is 14.4. The Hall–Kier alpha value is -1.97. The average Bonchev–Trinajstić information content (AvgIpc) is 2.50. The van der Waals surface area contributed by atoms with Gasteiger partial charge in [0.05, 0.1) is 5.75 Å². The topological polar surface area (TPSA) is 52.9 Å². The van der Waals surface area contributed by atoms with Crippen LogP contribution in [-0.4, -0.2) is 11.7 Å². The standard InChI is InChI=1S/C17H15FN2OS2/c1-11-7-13(23-10-19)8-12(2)17(11)20-16(21)9-22-15-6-4-3-5-14(15)18/h3-8H,9H2,1-2H3,(H,20,21). The van der Waals surface area contributed by atoms with E-state index in [1.54, 1.807) is 18.2 Å². The first-order valence-electron chi connectivity index (χ1n) is 6.85.